The first-order valence-electron chi connectivity index (χ1n) is 53.8. The molecule has 0 amide bonds. The van der Waals surface area contributed by atoms with Gasteiger partial charge in [0, 0.05) is 38.2 Å². The number of aliphatic hydroxyl groups excluding tert-OH is 6. The highest BCUT2D eigenvalue weighted by Crippen LogP contribution is 2.62. The van der Waals surface area contributed by atoms with Crippen LogP contribution in [0.4, 0.5) is 0 Å². The van der Waals surface area contributed by atoms with E-state index in [1.54, 1.807) is 0 Å². The number of hydrogen-bond acceptors (Lipinski definition) is 39. The van der Waals surface area contributed by atoms with Gasteiger partial charge in [-0.1, -0.05) is 0 Å². The molecule has 15 aliphatic rings. The van der Waals surface area contributed by atoms with Crippen LogP contribution in [0, 0.1) is 35.5 Å². The molecule has 0 spiro atoms. The van der Waals surface area contributed by atoms with Crippen LogP contribution in [-0.2, 0) is 85.4 Å². The van der Waals surface area contributed by atoms with E-state index in [4.69, 9.17) is 166 Å². The number of cyclic esters (lactones) is 3. The van der Waals surface area contributed by atoms with E-state index in [0.717, 1.165) is 36.4 Å². The summed E-state index contributed by atoms with van der Waals surface area (Å²) in [7, 11) is -19.1. The number of carbonyl (C=O) groups excluding carboxylic acids is 3. The van der Waals surface area contributed by atoms with Crippen molar-refractivity contribution in [3.8, 4) is 86.2 Å². The standard InChI is InChI=1S/3C29H32O13/c3*1-11-36-9-20-27(40-11)24(31)25(32)29(41-20)42-26-14-7-17-16(38-10-39-17)6-13(14)21(22-15(26)8-37-28(22)33)12-4-18(34-2)23(30)19(5-12)35-3/h3*4-7,11,15,20-22,24-27,29-32H,8-10H2,1-3H3/t3*11-,15+,20-,21-,22+,24-,25-,26-,27-,29+/m111/s1/i2D3,3D3,8D2,9D2,21D;2D3,3D3,9D2,21D;2D3,3D3,8D2,9D2. The minimum atomic E-state index is -3.23. The Kier molecular flexibility index (Phi) is 15.5. The number of esters is 3. The predicted octanol–water partition coefficient (Wildman–Crippen LogP) is 4.02. The predicted molar refractivity (Wildman–Crippen MR) is 415 cm³/mol. The molecule has 0 radical (unpaired) electrons. The monoisotopic (exact) mass is 1790 g/mol. The Morgan fingerprint density at radius 2 is 0.635 bits per heavy atom. The van der Waals surface area contributed by atoms with E-state index in [2.05, 4.69) is 0 Å². The van der Waals surface area contributed by atoms with Gasteiger partial charge in [-0.3, -0.25) is 14.4 Å². The Bertz CT molecular complexity index is 6370. The Balaban J connectivity index is 0.000000146. The summed E-state index contributed by atoms with van der Waals surface area (Å²) in [6, 6.07) is 13.9. The molecule has 126 heavy (non-hydrogen) atoms. The third-order valence-electron chi connectivity index (χ3n) is 23.8. The van der Waals surface area contributed by atoms with Crippen LogP contribution >= 0.6 is 0 Å². The number of methoxy groups -OCH3 is 6. The number of hydrogen-bond donors (Lipinski definition) is 9. The van der Waals surface area contributed by atoms with Crippen molar-refractivity contribution in [1.82, 2.24) is 0 Å². The second-order valence-corrected chi connectivity index (χ2v) is 30.9. The van der Waals surface area contributed by atoms with Crippen LogP contribution in [0.2, 0.25) is 0 Å². The first-order valence-corrected chi connectivity index (χ1v) is 38.8. The lowest BCUT2D eigenvalue weighted by Crippen LogP contribution is -2.63. The molecule has 3 aliphatic carbocycles. The number of fused-ring (bicyclic) bond motifs is 12. The summed E-state index contributed by atoms with van der Waals surface area (Å²) in [5.41, 5.74) is -0.651. The topological polar surface area (TPSA) is 482 Å². The summed E-state index contributed by atoms with van der Waals surface area (Å²) < 4.78 is 390. The summed E-state index contributed by atoms with van der Waals surface area (Å²) in [4.78, 5) is 41.2. The van der Waals surface area contributed by atoms with E-state index in [-0.39, 0.29) is 106 Å². The van der Waals surface area contributed by atoms with E-state index in [9.17, 15) is 63.1 Å². The van der Waals surface area contributed by atoms with E-state index < -0.39 is 333 Å². The molecule has 9 N–H and O–H groups in total. The maximum absolute atomic E-state index is 13.8. The van der Waals surface area contributed by atoms with Crippen molar-refractivity contribution in [2.24, 2.45) is 35.5 Å². The molecule has 6 aromatic carbocycles. The normalized spacial score (nSPS) is 43.7. The minimum Gasteiger partial charge on any atom is -0.502 e. The smallest absolute Gasteiger partial charge is 0.310 e. The number of phenolic OH excluding ortho intramolecular Hbond substituents is 3. The van der Waals surface area contributed by atoms with Crippen LogP contribution < -0.4 is 56.8 Å². The molecule has 0 aromatic heterocycles. The number of aliphatic hydroxyl groups is 6. The van der Waals surface area contributed by atoms with E-state index in [0.29, 0.717) is 0 Å². The third-order valence-corrected chi connectivity index (χ3v) is 23.8. The number of phenols is 3. The third kappa shape index (κ3) is 14.8. The molecule has 30 atom stereocenters. The van der Waals surface area contributed by atoms with Crippen molar-refractivity contribution < 1.29 is 229 Å². The lowest BCUT2D eigenvalue weighted by Gasteiger charge is -2.47. The number of carbonyl (C=O) groups is 3. The van der Waals surface area contributed by atoms with Crippen LogP contribution in [0.15, 0.2) is 72.8 Å². The van der Waals surface area contributed by atoms with Gasteiger partial charge in [0.05, 0.1) is 156 Å². The average Bonchev–Trinajstić information content (AvgIpc) is 1.50. The van der Waals surface area contributed by atoms with Crippen LogP contribution in [0.3, 0.4) is 0 Å². The van der Waals surface area contributed by atoms with Crippen LogP contribution in [0.25, 0.3) is 0 Å². The lowest BCUT2D eigenvalue weighted by molar-refractivity contribution is -0.364. The van der Waals surface area contributed by atoms with E-state index in [1.807, 2.05) is 0 Å². The summed E-state index contributed by atoms with van der Waals surface area (Å²) in [6.07, 6.45) is -33.5. The van der Waals surface area contributed by atoms with Crippen molar-refractivity contribution >= 4 is 17.9 Å². The highest BCUT2D eigenvalue weighted by atomic mass is 16.8. The second-order valence-electron chi connectivity index (χ2n) is 30.9. The Hall–Kier alpha value is -9.99. The Morgan fingerprint density at radius 1 is 0.341 bits per heavy atom. The zero-order valence-corrected chi connectivity index (χ0v) is 65.2. The molecular weight excluding hydrogens is 1670 g/mol. The maximum Gasteiger partial charge on any atom is 0.310 e. The molecule has 0 saturated carbocycles. The first-order chi connectivity index (χ1) is 72.1. The molecule has 39 nitrogen and oxygen atoms in total. The maximum atomic E-state index is 13.8. The van der Waals surface area contributed by atoms with Gasteiger partial charge in [-0.15, -0.1) is 0 Å². The fraction of sp³-hybridized carbons (Fsp3) is 0.552. The molecule has 39 heteroatoms. The number of ether oxygens (including phenoxy) is 27. The zero-order chi connectivity index (χ0) is 114. The van der Waals surface area contributed by atoms with Gasteiger partial charge in [0.1, 0.15) is 73.2 Å². The molecule has 9 saturated heterocycles. The van der Waals surface area contributed by atoms with Gasteiger partial charge in [0.2, 0.25) is 37.6 Å². The Labute approximate surface area is 760 Å². The van der Waals surface area contributed by atoms with Crippen molar-refractivity contribution in [2.75, 3.05) is 102 Å². The van der Waals surface area contributed by atoms with Crippen molar-refractivity contribution in [3.63, 3.8) is 0 Å². The molecule has 6 aromatic rings. The number of rotatable bonds is 15. The molecular formula is C87H96O39. The summed E-state index contributed by atoms with van der Waals surface area (Å²) >= 11 is 0. The van der Waals surface area contributed by atoms with E-state index >= 15 is 0 Å². The van der Waals surface area contributed by atoms with Gasteiger partial charge < -0.3 is 174 Å². The number of aromatic hydroxyl groups is 3. The summed E-state index contributed by atoms with van der Waals surface area (Å²) in [5, 5.41) is 99.1. The van der Waals surface area contributed by atoms with Gasteiger partial charge in [0.25, 0.3) is 0 Å². The molecule has 12 aliphatic heterocycles. The molecule has 678 valence electrons. The van der Waals surface area contributed by atoms with Gasteiger partial charge in [0.15, 0.2) is 107 Å². The first kappa shape index (κ1) is 57.0. The summed E-state index contributed by atoms with van der Waals surface area (Å²) in [6.45, 7) is -10.3. The Morgan fingerprint density at radius 3 is 0.992 bits per heavy atom. The molecule has 0 bridgehead atoms. The average molecular weight is 1800 g/mol. The molecule has 0 unspecified atom stereocenters. The van der Waals surface area contributed by atoms with Crippen molar-refractivity contribution in [3.05, 3.63) is 123 Å². The fourth-order valence-electron chi connectivity index (χ4n) is 18.1. The quantitative estimate of drug-likeness (QED) is 0.0518. The van der Waals surface area contributed by atoms with E-state index in [1.165, 1.54) is 57.2 Å². The largest absolute Gasteiger partial charge is 0.502 e. The second kappa shape index (κ2) is 34.2. The highest BCUT2D eigenvalue weighted by molar-refractivity contribution is 5.81. The van der Waals surface area contributed by atoms with Crippen molar-refractivity contribution in [1.29, 1.82) is 0 Å². The molecule has 21 rings (SSSR count). The van der Waals surface area contributed by atoms with Crippen molar-refractivity contribution in [2.45, 2.75) is 168 Å². The van der Waals surface area contributed by atoms with Gasteiger partial charge in [-0.2, -0.15) is 0 Å². The minimum absolute atomic E-state index is 0.0144. The van der Waals surface area contributed by atoms with Gasteiger partial charge in [-0.25, -0.2) is 0 Å². The summed E-state index contributed by atoms with van der Waals surface area (Å²) in [5.74, 6) is -26.1. The molecule has 9 fully saturated rings. The number of benzene rings is 6. The lowest BCUT2D eigenvalue weighted by atomic mass is 9.66. The van der Waals surface area contributed by atoms with Crippen LogP contribution in [0.1, 0.15) is 148 Å². The molecule has 12 heterocycles. The fourth-order valence-corrected chi connectivity index (χ4v) is 18.1. The van der Waals surface area contributed by atoms with Gasteiger partial charge >= 0.3 is 17.9 Å². The SMILES string of the molecule is [2H]C([2H])([2H])Oc1cc([C@@H]2c3cc4c(cc3[C@@H](O[C@@H]3O[C@H]5[C@@H](O[C@H](C)OC5([2H])[2H])[C@H](O)[C@H]3O)[C@@H]3[C@@H]2C(=O)OC3([2H])[2H])OCO4)cc(OC([2H])([2H])[2H])c1O.[2H]C([2H])([2H])Oc1cc([C@]2([2H])c3cc4c(cc3[C@@H](O[C@@H]3O[C@H]5[C@@H](O[C@H](C)OC5([2H])[2H])[C@H](O)[C@H]3O)[C@@H]3[C@@H]2C(=O)OC3([2H])[2H])OCO4)cc(OC([2H])([2H])[2H])c1O.[2H]C([2H])([2H])Oc1cc([C@]2([2H])c3cc4c(cc3[C@@H](O[C@@H]3O[C@H]5[C@@H](O[C@H](C)OC5([2H])[2H])[C@H](O)[C@H]3O)[C@H]3COC(=O)[C@@H]32)OCO4)cc(OC([2H])([2H])[2H])c1O. The van der Waals surface area contributed by atoms with Crippen LogP contribution in [0.5, 0.6) is 86.2 Å². The van der Waals surface area contributed by atoms with Gasteiger partial charge in [-0.05, 0) is 144 Å². The zero-order valence-electron chi connectivity index (χ0n) is 95.2. The highest BCUT2D eigenvalue weighted by Gasteiger charge is 2.61. The van der Waals surface area contributed by atoms with Crippen LogP contribution in [-0.4, -0.2) is 277 Å².